The Balaban J connectivity index is 1.98. The summed E-state index contributed by atoms with van der Waals surface area (Å²) in [6.45, 7) is 4.08. The molecule has 0 spiro atoms. The molecule has 1 saturated heterocycles. The number of rotatable bonds is 3. The Morgan fingerprint density at radius 1 is 1.37 bits per heavy atom. The summed E-state index contributed by atoms with van der Waals surface area (Å²) >= 11 is 6.25. The van der Waals surface area contributed by atoms with E-state index in [2.05, 4.69) is 23.2 Å². The second kappa shape index (κ2) is 6.40. The van der Waals surface area contributed by atoms with Gasteiger partial charge in [-0.25, -0.2) is 0 Å². The van der Waals surface area contributed by atoms with Gasteiger partial charge in [0.15, 0.2) is 0 Å². The van der Waals surface area contributed by atoms with E-state index in [-0.39, 0.29) is 11.8 Å². The summed E-state index contributed by atoms with van der Waals surface area (Å²) in [6.07, 6.45) is 1.85. The van der Waals surface area contributed by atoms with Gasteiger partial charge < -0.3 is 5.32 Å². The van der Waals surface area contributed by atoms with Crippen LogP contribution in [-0.4, -0.2) is 30.9 Å². The fourth-order valence-corrected chi connectivity index (χ4v) is 3.06. The number of likely N-dealkylation sites (tertiary alicyclic amines) is 1. The number of piperidine rings is 1. The highest BCUT2D eigenvalue weighted by molar-refractivity contribution is 6.31. The van der Waals surface area contributed by atoms with E-state index in [9.17, 15) is 4.79 Å². The predicted octanol–water partition coefficient (Wildman–Crippen LogP) is 2.86. The third kappa shape index (κ3) is 3.28. The normalized spacial score (nSPS) is 19.1. The molecule has 1 fully saturated rings. The van der Waals surface area contributed by atoms with Gasteiger partial charge in [-0.1, -0.05) is 29.8 Å². The Kier molecular flexibility index (Phi) is 4.83. The van der Waals surface area contributed by atoms with Crippen LogP contribution >= 0.6 is 11.6 Å². The van der Waals surface area contributed by atoms with Crippen molar-refractivity contribution in [2.45, 2.75) is 25.8 Å². The monoisotopic (exact) mass is 280 g/mol. The number of carbonyl (C=O) groups is 1. The zero-order valence-electron chi connectivity index (χ0n) is 11.5. The molecular formula is C15H21ClN2O. The van der Waals surface area contributed by atoms with Crippen molar-refractivity contribution in [1.82, 2.24) is 10.2 Å². The summed E-state index contributed by atoms with van der Waals surface area (Å²) in [5, 5.41) is 3.56. The van der Waals surface area contributed by atoms with Gasteiger partial charge in [0.25, 0.3) is 0 Å². The van der Waals surface area contributed by atoms with Crippen molar-refractivity contribution in [3.8, 4) is 0 Å². The minimum Gasteiger partial charge on any atom is -0.359 e. The SMILES string of the molecule is CNC(=O)C1CCN([C@@H](C)c2ccccc2Cl)CC1. The molecule has 1 aromatic carbocycles. The molecule has 0 aromatic heterocycles. The average Bonchev–Trinajstić information content (AvgIpc) is 2.46. The fraction of sp³-hybridized carbons (Fsp3) is 0.533. The maximum absolute atomic E-state index is 11.6. The quantitative estimate of drug-likeness (QED) is 0.923. The summed E-state index contributed by atoms with van der Waals surface area (Å²) in [5.41, 5.74) is 1.17. The highest BCUT2D eigenvalue weighted by Gasteiger charge is 2.27. The molecule has 3 nitrogen and oxygen atoms in total. The first-order valence-corrected chi connectivity index (χ1v) is 7.21. The van der Waals surface area contributed by atoms with Crippen molar-refractivity contribution in [3.05, 3.63) is 34.9 Å². The average molecular weight is 281 g/mol. The third-order valence-electron chi connectivity index (χ3n) is 4.05. The smallest absolute Gasteiger partial charge is 0.222 e. The summed E-state index contributed by atoms with van der Waals surface area (Å²) < 4.78 is 0. The van der Waals surface area contributed by atoms with Gasteiger partial charge in [-0.3, -0.25) is 9.69 Å². The van der Waals surface area contributed by atoms with Crippen LogP contribution < -0.4 is 5.32 Å². The van der Waals surface area contributed by atoms with Crippen LogP contribution in [-0.2, 0) is 4.79 Å². The highest BCUT2D eigenvalue weighted by Crippen LogP contribution is 2.30. The number of halogens is 1. The van der Waals surface area contributed by atoms with E-state index in [4.69, 9.17) is 11.6 Å². The zero-order chi connectivity index (χ0) is 13.8. The van der Waals surface area contributed by atoms with Crippen LogP contribution in [0.15, 0.2) is 24.3 Å². The van der Waals surface area contributed by atoms with Gasteiger partial charge in [0.2, 0.25) is 5.91 Å². The Hall–Kier alpha value is -1.06. The van der Waals surface area contributed by atoms with E-state index in [0.29, 0.717) is 6.04 Å². The number of carbonyl (C=O) groups excluding carboxylic acids is 1. The van der Waals surface area contributed by atoms with Crippen LogP contribution in [0.3, 0.4) is 0 Å². The number of nitrogens with one attached hydrogen (secondary N) is 1. The molecule has 0 radical (unpaired) electrons. The Morgan fingerprint density at radius 3 is 2.58 bits per heavy atom. The minimum atomic E-state index is 0.166. The van der Waals surface area contributed by atoms with Crippen molar-refractivity contribution in [2.24, 2.45) is 5.92 Å². The number of nitrogens with zero attached hydrogens (tertiary/aromatic N) is 1. The van der Waals surface area contributed by atoms with E-state index >= 15 is 0 Å². The van der Waals surface area contributed by atoms with E-state index < -0.39 is 0 Å². The number of benzene rings is 1. The zero-order valence-corrected chi connectivity index (χ0v) is 12.3. The number of hydrogen-bond donors (Lipinski definition) is 1. The molecule has 1 heterocycles. The van der Waals surface area contributed by atoms with E-state index in [1.165, 1.54) is 5.56 Å². The molecule has 104 valence electrons. The van der Waals surface area contributed by atoms with Crippen molar-refractivity contribution in [2.75, 3.05) is 20.1 Å². The topological polar surface area (TPSA) is 32.3 Å². The van der Waals surface area contributed by atoms with Crippen LogP contribution in [0.2, 0.25) is 5.02 Å². The number of hydrogen-bond acceptors (Lipinski definition) is 2. The molecule has 0 aliphatic carbocycles. The van der Waals surface area contributed by atoms with Crippen LogP contribution in [0.1, 0.15) is 31.4 Å². The van der Waals surface area contributed by atoms with Gasteiger partial charge in [-0.15, -0.1) is 0 Å². The van der Waals surface area contributed by atoms with Crippen molar-refractivity contribution < 1.29 is 4.79 Å². The third-order valence-corrected chi connectivity index (χ3v) is 4.39. The molecule has 1 atom stereocenters. The lowest BCUT2D eigenvalue weighted by Crippen LogP contribution is -2.40. The molecule has 1 amide bonds. The first kappa shape index (κ1) is 14.4. The summed E-state index contributed by atoms with van der Waals surface area (Å²) in [5.74, 6) is 0.338. The fourth-order valence-electron chi connectivity index (χ4n) is 2.76. The molecule has 0 saturated carbocycles. The molecule has 1 aromatic rings. The Bertz CT molecular complexity index is 442. The van der Waals surface area contributed by atoms with Crippen LogP contribution in [0.25, 0.3) is 0 Å². The predicted molar refractivity (Wildman–Crippen MR) is 78.2 cm³/mol. The standard InChI is InChI=1S/C15H21ClN2O/c1-11(13-5-3-4-6-14(13)16)18-9-7-12(8-10-18)15(19)17-2/h3-6,11-12H,7-10H2,1-2H3,(H,17,19)/t11-/m0/s1. The largest absolute Gasteiger partial charge is 0.359 e. The lowest BCUT2D eigenvalue weighted by Gasteiger charge is -2.35. The molecule has 1 aliphatic rings. The molecule has 2 rings (SSSR count). The van der Waals surface area contributed by atoms with Crippen LogP contribution in [0.4, 0.5) is 0 Å². The second-order valence-electron chi connectivity index (χ2n) is 5.12. The lowest BCUT2D eigenvalue weighted by molar-refractivity contribution is -0.126. The number of amides is 1. The van der Waals surface area contributed by atoms with Crippen molar-refractivity contribution >= 4 is 17.5 Å². The Morgan fingerprint density at radius 2 is 2.00 bits per heavy atom. The van der Waals surface area contributed by atoms with Crippen LogP contribution in [0.5, 0.6) is 0 Å². The van der Waals surface area contributed by atoms with Crippen LogP contribution in [0, 0.1) is 5.92 Å². The summed E-state index contributed by atoms with van der Waals surface area (Å²) in [7, 11) is 1.71. The molecule has 0 bridgehead atoms. The van der Waals surface area contributed by atoms with Gasteiger partial charge in [-0.2, -0.15) is 0 Å². The van der Waals surface area contributed by atoms with Gasteiger partial charge in [0.05, 0.1) is 0 Å². The lowest BCUT2D eigenvalue weighted by atomic mass is 9.94. The van der Waals surface area contributed by atoms with Gasteiger partial charge in [0.1, 0.15) is 0 Å². The van der Waals surface area contributed by atoms with Crippen molar-refractivity contribution in [3.63, 3.8) is 0 Å². The second-order valence-corrected chi connectivity index (χ2v) is 5.53. The van der Waals surface area contributed by atoms with Gasteiger partial charge >= 0.3 is 0 Å². The van der Waals surface area contributed by atoms with E-state index in [1.807, 2.05) is 18.2 Å². The van der Waals surface area contributed by atoms with Gasteiger partial charge in [0, 0.05) is 24.0 Å². The maximum Gasteiger partial charge on any atom is 0.222 e. The summed E-state index contributed by atoms with van der Waals surface area (Å²) in [4.78, 5) is 14.0. The molecular weight excluding hydrogens is 260 g/mol. The molecule has 0 unspecified atom stereocenters. The first-order valence-electron chi connectivity index (χ1n) is 6.83. The molecule has 1 aliphatic heterocycles. The van der Waals surface area contributed by atoms with Crippen molar-refractivity contribution in [1.29, 1.82) is 0 Å². The first-order chi connectivity index (χ1) is 9.13. The molecule has 19 heavy (non-hydrogen) atoms. The summed E-state index contributed by atoms with van der Waals surface area (Å²) in [6, 6.07) is 8.30. The molecule has 1 N–H and O–H groups in total. The minimum absolute atomic E-state index is 0.166. The highest BCUT2D eigenvalue weighted by atomic mass is 35.5. The van der Waals surface area contributed by atoms with E-state index in [0.717, 1.165) is 31.0 Å². The Labute approximate surface area is 119 Å². The maximum atomic E-state index is 11.6. The van der Waals surface area contributed by atoms with E-state index in [1.54, 1.807) is 7.05 Å². The van der Waals surface area contributed by atoms with Gasteiger partial charge in [-0.05, 0) is 44.5 Å². The molecule has 4 heteroatoms.